The fraction of sp³-hybridized carbons (Fsp3) is 0.750. The molecule has 0 saturated carbocycles. The number of aliphatic carboxylic acids is 2. The second kappa shape index (κ2) is 12.3. The summed E-state index contributed by atoms with van der Waals surface area (Å²) in [6.07, 6.45) is 0.142. The third-order valence-corrected chi connectivity index (χ3v) is 6.63. The molecular weight excluding hydrogens is 470 g/mol. The van der Waals surface area contributed by atoms with Crippen LogP contribution in [0, 0.1) is 0 Å². The number of rotatable bonds is 13. The molecule has 8 N–H and O–H groups in total. The summed E-state index contributed by atoms with van der Waals surface area (Å²) in [5.74, 6) is -4.29. The molecule has 1 saturated heterocycles. The summed E-state index contributed by atoms with van der Waals surface area (Å²) in [6.45, 7) is 6.71. The van der Waals surface area contributed by atoms with E-state index in [0.717, 1.165) is 11.8 Å². The Morgan fingerprint density at radius 2 is 1.74 bits per heavy atom. The lowest BCUT2D eigenvalue weighted by atomic mass is 9.94. The number of carboxylic acid groups (broad SMARTS) is 2. The van der Waals surface area contributed by atoms with Gasteiger partial charge in [-0.2, -0.15) is 5.06 Å². The van der Waals surface area contributed by atoms with Gasteiger partial charge in [-0.3, -0.25) is 24.0 Å². The van der Waals surface area contributed by atoms with Crippen LogP contribution in [0.5, 0.6) is 0 Å². The van der Waals surface area contributed by atoms with Crippen LogP contribution in [-0.4, -0.2) is 97.4 Å². The van der Waals surface area contributed by atoms with Crippen LogP contribution in [0.3, 0.4) is 0 Å². The highest BCUT2D eigenvalue weighted by Gasteiger charge is 2.51. The molecule has 1 heterocycles. The van der Waals surface area contributed by atoms with Crippen molar-refractivity contribution in [2.24, 2.45) is 5.73 Å². The van der Waals surface area contributed by atoms with E-state index < -0.39 is 53.5 Å². The van der Waals surface area contributed by atoms with Crippen LogP contribution in [0.2, 0.25) is 0 Å². The summed E-state index contributed by atoms with van der Waals surface area (Å²) in [6, 6.07) is -2.68. The molecule has 0 radical (unpaired) electrons. The zero-order valence-corrected chi connectivity index (χ0v) is 20.6. The monoisotopic (exact) mass is 505 g/mol. The Kier molecular flexibility index (Phi) is 10.7. The largest absolute Gasteiger partial charge is 0.480 e. The topological polar surface area (TPSA) is 211 Å². The minimum Gasteiger partial charge on any atom is -0.480 e. The molecular formula is C20H35N5O8S. The second-order valence-corrected chi connectivity index (χ2v) is 10.4. The van der Waals surface area contributed by atoms with Gasteiger partial charge in [0.2, 0.25) is 17.7 Å². The normalized spacial score (nSPS) is 20.7. The number of hydrogen-bond donors (Lipinski definition) is 7. The Hall–Kier alpha value is -2.42. The molecule has 1 fully saturated rings. The molecule has 14 heteroatoms. The van der Waals surface area contributed by atoms with E-state index >= 15 is 0 Å². The summed E-state index contributed by atoms with van der Waals surface area (Å²) in [5.41, 5.74) is 4.16. The van der Waals surface area contributed by atoms with E-state index in [1.807, 2.05) is 27.7 Å². The van der Waals surface area contributed by atoms with Crippen molar-refractivity contribution in [2.75, 3.05) is 18.1 Å². The minimum absolute atomic E-state index is 0.0265. The smallest absolute Gasteiger partial charge is 0.322 e. The number of nitrogens with two attached hydrogens (primary N) is 1. The first-order valence-corrected chi connectivity index (χ1v) is 11.9. The first-order chi connectivity index (χ1) is 15.6. The fourth-order valence-electron chi connectivity index (χ4n) is 3.64. The molecule has 0 aliphatic carbocycles. The SMILES string of the molecule is CC1(C)C[C@@H](NC(=O)CSC[C@H](NC(=O)CC[C@H](N)C(=O)O)C(=O)NCC(=O)O)C(C)(C)N1O. The van der Waals surface area contributed by atoms with Crippen LogP contribution in [-0.2, 0) is 24.0 Å². The predicted molar refractivity (Wildman–Crippen MR) is 123 cm³/mol. The molecule has 1 aliphatic rings. The van der Waals surface area contributed by atoms with E-state index in [0.29, 0.717) is 6.42 Å². The number of carbonyl (C=O) groups is 5. The van der Waals surface area contributed by atoms with Crippen molar-refractivity contribution >= 4 is 41.4 Å². The molecule has 3 atom stereocenters. The van der Waals surface area contributed by atoms with Gasteiger partial charge in [0.15, 0.2) is 0 Å². The number of carboxylic acids is 2. The zero-order valence-electron chi connectivity index (χ0n) is 19.8. The Labute approximate surface area is 202 Å². The summed E-state index contributed by atoms with van der Waals surface area (Å²) >= 11 is 1.06. The second-order valence-electron chi connectivity index (χ2n) is 9.33. The number of amides is 3. The van der Waals surface area contributed by atoms with Gasteiger partial charge >= 0.3 is 11.9 Å². The van der Waals surface area contributed by atoms with Crippen LogP contribution in [0.25, 0.3) is 0 Å². The fourth-order valence-corrected chi connectivity index (χ4v) is 4.50. The van der Waals surface area contributed by atoms with Crippen LogP contribution in [0.15, 0.2) is 0 Å². The number of hydrogen-bond acceptors (Lipinski definition) is 9. The van der Waals surface area contributed by atoms with E-state index in [9.17, 15) is 29.2 Å². The van der Waals surface area contributed by atoms with Gasteiger partial charge in [-0.25, -0.2) is 0 Å². The highest BCUT2D eigenvalue weighted by molar-refractivity contribution is 8.00. The van der Waals surface area contributed by atoms with Gasteiger partial charge in [-0.15, -0.1) is 11.8 Å². The maximum atomic E-state index is 12.5. The van der Waals surface area contributed by atoms with E-state index in [-0.39, 0.29) is 36.3 Å². The third kappa shape index (κ3) is 8.74. The summed E-state index contributed by atoms with van der Waals surface area (Å²) in [7, 11) is 0. The summed E-state index contributed by atoms with van der Waals surface area (Å²) in [5, 5.41) is 36.6. The van der Waals surface area contributed by atoms with Crippen molar-refractivity contribution in [1.29, 1.82) is 0 Å². The highest BCUT2D eigenvalue weighted by atomic mass is 32.2. The van der Waals surface area contributed by atoms with Gasteiger partial charge in [-0.1, -0.05) is 0 Å². The maximum absolute atomic E-state index is 12.5. The van der Waals surface area contributed by atoms with Crippen LogP contribution < -0.4 is 21.7 Å². The lowest BCUT2D eigenvalue weighted by Crippen LogP contribution is -2.53. The molecule has 194 valence electrons. The molecule has 1 aliphatic heterocycles. The van der Waals surface area contributed by atoms with E-state index in [2.05, 4.69) is 16.0 Å². The van der Waals surface area contributed by atoms with Crippen LogP contribution in [0.4, 0.5) is 0 Å². The molecule has 0 bridgehead atoms. The van der Waals surface area contributed by atoms with Gasteiger partial charge in [0.1, 0.15) is 18.6 Å². The standard InChI is InChI=1S/C20H35N5O8S/c1-19(2)7-13(20(3,4)25(19)33)24-15(27)10-34-9-12(17(30)22-8-16(28)29)23-14(26)6-5-11(21)18(31)32/h11-13,33H,5-10,21H2,1-4H3,(H,22,30)(H,23,26)(H,24,27)(H,28,29)(H,31,32)/t11-,12-,13+/m0/s1. The average molecular weight is 506 g/mol. The van der Waals surface area contributed by atoms with Crippen molar-refractivity contribution in [1.82, 2.24) is 21.0 Å². The molecule has 1 rings (SSSR count). The Bertz CT molecular complexity index is 791. The Morgan fingerprint density at radius 1 is 1.12 bits per heavy atom. The number of thioether (sulfide) groups is 1. The quantitative estimate of drug-likeness (QED) is 0.157. The van der Waals surface area contributed by atoms with E-state index in [1.54, 1.807) is 0 Å². The molecule has 13 nitrogen and oxygen atoms in total. The van der Waals surface area contributed by atoms with Crippen LogP contribution >= 0.6 is 11.8 Å². The summed E-state index contributed by atoms with van der Waals surface area (Å²) in [4.78, 5) is 58.4. The molecule has 0 aromatic heterocycles. The number of carbonyl (C=O) groups excluding carboxylic acids is 3. The minimum atomic E-state index is -1.27. The lowest BCUT2D eigenvalue weighted by molar-refractivity contribution is -0.194. The van der Waals surface area contributed by atoms with Crippen LogP contribution in [0.1, 0.15) is 47.0 Å². The van der Waals surface area contributed by atoms with Gasteiger partial charge < -0.3 is 37.1 Å². The summed E-state index contributed by atoms with van der Waals surface area (Å²) < 4.78 is 0. The number of nitrogens with one attached hydrogen (secondary N) is 3. The molecule has 3 amide bonds. The Morgan fingerprint density at radius 3 is 2.24 bits per heavy atom. The van der Waals surface area contributed by atoms with Gasteiger partial charge in [0.25, 0.3) is 0 Å². The molecule has 0 aromatic carbocycles. The zero-order chi connectivity index (χ0) is 26.3. The van der Waals surface area contributed by atoms with Gasteiger partial charge in [0, 0.05) is 17.7 Å². The first kappa shape index (κ1) is 29.6. The third-order valence-electron chi connectivity index (χ3n) is 5.59. The lowest BCUT2D eigenvalue weighted by Gasteiger charge is -2.35. The predicted octanol–water partition coefficient (Wildman–Crippen LogP) is -1.27. The number of nitrogens with zero attached hydrogens (tertiary/aromatic N) is 1. The van der Waals surface area contributed by atoms with Crippen molar-refractivity contribution in [3.8, 4) is 0 Å². The molecule has 0 unspecified atom stereocenters. The maximum Gasteiger partial charge on any atom is 0.322 e. The van der Waals surface area contributed by atoms with Gasteiger partial charge in [0.05, 0.1) is 17.3 Å². The average Bonchev–Trinajstić information content (AvgIpc) is 2.88. The van der Waals surface area contributed by atoms with Crippen molar-refractivity contribution in [2.45, 2.75) is 76.2 Å². The molecule has 0 aromatic rings. The van der Waals surface area contributed by atoms with Crippen molar-refractivity contribution in [3.63, 3.8) is 0 Å². The molecule has 34 heavy (non-hydrogen) atoms. The Balaban J connectivity index is 2.65. The highest BCUT2D eigenvalue weighted by Crippen LogP contribution is 2.38. The molecule has 0 spiro atoms. The van der Waals surface area contributed by atoms with Gasteiger partial charge in [-0.05, 0) is 40.5 Å². The van der Waals surface area contributed by atoms with Crippen molar-refractivity contribution < 1.29 is 39.4 Å². The van der Waals surface area contributed by atoms with E-state index in [1.165, 1.54) is 5.06 Å². The number of hydroxylamine groups is 2. The first-order valence-electron chi connectivity index (χ1n) is 10.7. The van der Waals surface area contributed by atoms with E-state index in [4.69, 9.17) is 15.9 Å². The van der Waals surface area contributed by atoms with Crippen molar-refractivity contribution in [3.05, 3.63) is 0 Å².